The van der Waals surface area contributed by atoms with Gasteiger partial charge in [-0.05, 0) is 49.9 Å². The van der Waals surface area contributed by atoms with Gasteiger partial charge in [0.1, 0.15) is 0 Å². The largest absolute Gasteiger partial charge is 0.378 e. The fourth-order valence-corrected chi connectivity index (χ4v) is 4.09. The molecule has 3 rings (SSSR count). The van der Waals surface area contributed by atoms with Crippen LogP contribution in [0.1, 0.15) is 25.3 Å². The van der Waals surface area contributed by atoms with Gasteiger partial charge in [0.2, 0.25) is 0 Å². The molecule has 1 heterocycles. The highest BCUT2D eigenvalue weighted by molar-refractivity contribution is 6.42. The summed E-state index contributed by atoms with van der Waals surface area (Å²) in [6.07, 6.45) is 2.60. The van der Waals surface area contributed by atoms with Crippen LogP contribution in [0, 0.1) is 5.92 Å². The lowest BCUT2D eigenvalue weighted by Crippen LogP contribution is -2.31. The Morgan fingerprint density at radius 2 is 2.15 bits per heavy atom. The van der Waals surface area contributed by atoms with Gasteiger partial charge in [0, 0.05) is 18.6 Å². The molecule has 20 heavy (non-hydrogen) atoms. The van der Waals surface area contributed by atoms with Crippen LogP contribution in [-0.2, 0) is 10.2 Å². The van der Waals surface area contributed by atoms with Gasteiger partial charge in [0.15, 0.2) is 0 Å². The third-order valence-electron chi connectivity index (χ3n) is 4.65. The first-order chi connectivity index (χ1) is 9.15. The molecular formula is C15H20Cl3NO. The molecule has 1 saturated carbocycles. The number of fused-ring (bicyclic) bond motifs is 1. The normalized spacial score (nSPS) is 31.9. The summed E-state index contributed by atoms with van der Waals surface area (Å²) in [5, 5.41) is 4.81. The quantitative estimate of drug-likeness (QED) is 0.898. The highest BCUT2D eigenvalue weighted by Gasteiger charge is 2.51. The van der Waals surface area contributed by atoms with Crippen LogP contribution in [0.5, 0.6) is 0 Å². The van der Waals surface area contributed by atoms with Gasteiger partial charge >= 0.3 is 0 Å². The zero-order chi connectivity index (χ0) is 13.5. The topological polar surface area (TPSA) is 21.3 Å². The summed E-state index contributed by atoms with van der Waals surface area (Å²) in [6.45, 7) is 4.95. The second-order valence-electron chi connectivity index (χ2n) is 5.63. The van der Waals surface area contributed by atoms with Crippen LogP contribution in [0.25, 0.3) is 0 Å². The summed E-state index contributed by atoms with van der Waals surface area (Å²) in [5.74, 6) is 0.640. The van der Waals surface area contributed by atoms with E-state index in [4.69, 9.17) is 27.9 Å². The van der Waals surface area contributed by atoms with Crippen LogP contribution in [0.15, 0.2) is 18.2 Å². The van der Waals surface area contributed by atoms with Crippen molar-refractivity contribution in [2.45, 2.75) is 31.3 Å². The molecule has 1 N–H and O–H groups in total. The van der Waals surface area contributed by atoms with Crippen molar-refractivity contribution >= 4 is 35.6 Å². The Morgan fingerprint density at radius 1 is 1.35 bits per heavy atom. The first kappa shape index (κ1) is 16.4. The minimum Gasteiger partial charge on any atom is -0.378 e. The van der Waals surface area contributed by atoms with E-state index in [2.05, 4.69) is 18.3 Å². The highest BCUT2D eigenvalue weighted by Crippen LogP contribution is 2.49. The lowest BCUT2D eigenvalue weighted by molar-refractivity contribution is 0.0613. The monoisotopic (exact) mass is 335 g/mol. The molecular weight excluding hydrogens is 317 g/mol. The second kappa shape index (κ2) is 6.41. The molecule has 0 aromatic heterocycles. The Hall–Kier alpha value is 0.01000. The van der Waals surface area contributed by atoms with E-state index >= 15 is 0 Å². The molecule has 112 valence electrons. The average Bonchev–Trinajstić information content (AvgIpc) is 2.90. The molecule has 1 aromatic carbocycles. The molecule has 1 saturated heterocycles. The van der Waals surface area contributed by atoms with Gasteiger partial charge < -0.3 is 10.1 Å². The first-order valence-electron chi connectivity index (χ1n) is 6.93. The van der Waals surface area contributed by atoms with Crippen molar-refractivity contribution in [2.24, 2.45) is 5.92 Å². The van der Waals surface area contributed by atoms with Crippen LogP contribution < -0.4 is 5.32 Å². The Balaban J connectivity index is 0.00000147. The van der Waals surface area contributed by atoms with Gasteiger partial charge in [0.25, 0.3) is 0 Å². The Labute approximate surface area is 136 Å². The van der Waals surface area contributed by atoms with Crippen molar-refractivity contribution in [1.29, 1.82) is 0 Å². The van der Waals surface area contributed by atoms with E-state index in [1.54, 1.807) is 0 Å². The molecule has 2 nitrogen and oxygen atoms in total. The van der Waals surface area contributed by atoms with Crippen molar-refractivity contribution < 1.29 is 4.74 Å². The van der Waals surface area contributed by atoms with Crippen molar-refractivity contribution in [3.05, 3.63) is 33.8 Å². The number of hydrogen-bond donors (Lipinski definition) is 1. The Morgan fingerprint density at radius 3 is 2.85 bits per heavy atom. The third-order valence-corrected chi connectivity index (χ3v) is 5.39. The van der Waals surface area contributed by atoms with E-state index in [1.807, 2.05) is 12.1 Å². The van der Waals surface area contributed by atoms with Crippen molar-refractivity contribution in [1.82, 2.24) is 5.32 Å². The summed E-state index contributed by atoms with van der Waals surface area (Å²) in [6, 6.07) is 6.08. The minimum absolute atomic E-state index is 0. The fraction of sp³-hybridized carbons (Fsp3) is 0.600. The van der Waals surface area contributed by atoms with Gasteiger partial charge in [0.05, 0.1) is 16.1 Å². The zero-order valence-corrected chi connectivity index (χ0v) is 13.8. The number of hydrogen-bond acceptors (Lipinski definition) is 2. The molecule has 0 spiro atoms. The molecule has 0 unspecified atom stereocenters. The van der Waals surface area contributed by atoms with Gasteiger partial charge in [-0.25, -0.2) is 0 Å². The summed E-state index contributed by atoms with van der Waals surface area (Å²) in [5.41, 5.74) is 1.48. The number of halogens is 3. The van der Waals surface area contributed by atoms with Crippen LogP contribution in [-0.4, -0.2) is 25.8 Å². The first-order valence-corrected chi connectivity index (χ1v) is 7.69. The Bertz CT molecular complexity index is 482. The van der Waals surface area contributed by atoms with E-state index in [1.165, 1.54) is 5.56 Å². The predicted octanol–water partition coefficient (Wildman–Crippen LogP) is 4.07. The molecule has 1 aromatic rings. The fourth-order valence-electron chi connectivity index (χ4n) is 3.79. The molecule has 0 radical (unpaired) electrons. The van der Waals surface area contributed by atoms with Crippen molar-refractivity contribution in [2.75, 3.05) is 19.7 Å². The summed E-state index contributed by atoms with van der Waals surface area (Å²) < 4.78 is 5.85. The number of benzene rings is 1. The van der Waals surface area contributed by atoms with E-state index in [0.29, 0.717) is 22.1 Å². The maximum absolute atomic E-state index is 6.19. The molecule has 0 bridgehead atoms. The van der Waals surface area contributed by atoms with E-state index < -0.39 is 0 Å². The smallest absolute Gasteiger partial charge is 0.0595 e. The van der Waals surface area contributed by atoms with E-state index in [-0.39, 0.29) is 17.8 Å². The van der Waals surface area contributed by atoms with Crippen molar-refractivity contribution in [3.8, 4) is 0 Å². The van der Waals surface area contributed by atoms with Gasteiger partial charge in [-0.3, -0.25) is 0 Å². The number of rotatable bonds is 3. The van der Waals surface area contributed by atoms with E-state index in [0.717, 1.165) is 32.5 Å². The predicted molar refractivity (Wildman–Crippen MR) is 86.4 cm³/mol. The summed E-state index contributed by atoms with van der Waals surface area (Å²) in [7, 11) is 0. The van der Waals surface area contributed by atoms with Crippen LogP contribution >= 0.6 is 35.6 Å². The highest BCUT2D eigenvalue weighted by atomic mass is 35.5. The molecule has 2 fully saturated rings. The maximum Gasteiger partial charge on any atom is 0.0595 e. The molecule has 0 amide bonds. The van der Waals surface area contributed by atoms with Crippen molar-refractivity contribution in [3.63, 3.8) is 0 Å². The van der Waals surface area contributed by atoms with E-state index in [9.17, 15) is 0 Å². The molecule has 3 atom stereocenters. The molecule has 1 aliphatic carbocycles. The lowest BCUT2D eigenvalue weighted by atomic mass is 9.74. The maximum atomic E-state index is 6.19. The molecule has 5 heteroatoms. The minimum atomic E-state index is 0. The van der Waals surface area contributed by atoms with Gasteiger partial charge in [-0.15, -0.1) is 12.4 Å². The average molecular weight is 337 g/mol. The number of ether oxygens (including phenoxy) is 1. The standard InChI is InChI=1S/C15H19Cl2NO.ClH/c1-2-19-12-5-11-8-18-9-15(11,7-12)10-3-4-13(16)14(17)6-10;/h3-4,6,11-12,18H,2,5,7-9H2,1H3;1H/t11-,12-,15+;/m1./s1. The molecule has 2 aliphatic rings. The van der Waals surface area contributed by atoms with Gasteiger partial charge in [-0.2, -0.15) is 0 Å². The van der Waals surface area contributed by atoms with Crippen LogP contribution in [0.2, 0.25) is 10.0 Å². The Kier molecular flexibility index (Phi) is 5.25. The van der Waals surface area contributed by atoms with Crippen LogP contribution in [0.3, 0.4) is 0 Å². The van der Waals surface area contributed by atoms with Gasteiger partial charge in [-0.1, -0.05) is 29.3 Å². The molecule has 1 aliphatic heterocycles. The third kappa shape index (κ3) is 2.69. The van der Waals surface area contributed by atoms with Crippen LogP contribution in [0.4, 0.5) is 0 Å². The lowest BCUT2D eigenvalue weighted by Gasteiger charge is -2.29. The summed E-state index contributed by atoms with van der Waals surface area (Å²) >= 11 is 12.2. The zero-order valence-electron chi connectivity index (χ0n) is 11.5. The second-order valence-corrected chi connectivity index (χ2v) is 6.44. The summed E-state index contributed by atoms with van der Waals surface area (Å²) in [4.78, 5) is 0. The number of nitrogens with one attached hydrogen (secondary N) is 1. The SMILES string of the molecule is CCO[C@@H]1C[C@@H]2CNC[C@]2(c2ccc(Cl)c(Cl)c2)C1.Cl.